The Morgan fingerprint density at radius 3 is 2.42 bits per heavy atom. The van der Waals surface area contributed by atoms with Crippen molar-refractivity contribution in [3.8, 4) is 11.5 Å². The maximum absolute atomic E-state index is 13.5. The number of carbonyl (C=O) groups is 1. The Hall–Kier alpha value is -4.45. The van der Waals surface area contributed by atoms with Gasteiger partial charge in [-0.25, -0.2) is 14.2 Å². The number of nitrogens with zero attached hydrogens (tertiary/aromatic N) is 2. The molecular formula is C30H23FN2O3. The zero-order valence-electron chi connectivity index (χ0n) is 19.6. The van der Waals surface area contributed by atoms with Crippen LogP contribution in [-0.2, 0) is 0 Å². The molecular weight excluding hydrogens is 455 g/mol. The third-order valence-corrected chi connectivity index (χ3v) is 6.54. The van der Waals surface area contributed by atoms with Crippen molar-refractivity contribution in [2.45, 2.75) is 25.6 Å². The van der Waals surface area contributed by atoms with Crippen LogP contribution in [0.15, 0.2) is 102 Å². The van der Waals surface area contributed by atoms with Crippen LogP contribution < -0.4 is 9.47 Å². The summed E-state index contributed by atoms with van der Waals surface area (Å²) in [4.78, 5) is 12.6. The summed E-state index contributed by atoms with van der Waals surface area (Å²) in [7, 11) is 0. The number of hydrogen-bond acceptors (Lipinski definition) is 5. The van der Waals surface area contributed by atoms with E-state index in [0.717, 1.165) is 33.7 Å². The number of carbonyl (C=O) groups excluding carboxylic acids is 1. The fourth-order valence-corrected chi connectivity index (χ4v) is 4.63. The van der Waals surface area contributed by atoms with Gasteiger partial charge in [0.15, 0.2) is 0 Å². The summed E-state index contributed by atoms with van der Waals surface area (Å²) in [5.41, 5.74) is 5.24. The van der Waals surface area contributed by atoms with Crippen molar-refractivity contribution in [1.29, 1.82) is 0 Å². The average molecular weight is 479 g/mol. The summed E-state index contributed by atoms with van der Waals surface area (Å²) >= 11 is 0. The second kappa shape index (κ2) is 8.96. The van der Waals surface area contributed by atoms with E-state index in [0.29, 0.717) is 17.7 Å². The molecule has 0 N–H and O–H groups in total. The maximum Gasteiger partial charge on any atom is 0.343 e. The second-order valence-electron chi connectivity index (χ2n) is 8.99. The molecule has 0 spiro atoms. The Morgan fingerprint density at radius 2 is 1.67 bits per heavy atom. The van der Waals surface area contributed by atoms with Crippen LogP contribution in [0.5, 0.6) is 11.5 Å². The van der Waals surface area contributed by atoms with Gasteiger partial charge >= 0.3 is 5.97 Å². The van der Waals surface area contributed by atoms with Gasteiger partial charge in [0.1, 0.15) is 17.3 Å². The van der Waals surface area contributed by atoms with Crippen LogP contribution in [0.4, 0.5) is 4.39 Å². The van der Waals surface area contributed by atoms with Gasteiger partial charge in [0.05, 0.1) is 17.3 Å². The lowest BCUT2D eigenvalue weighted by atomic mass is 9.96. The summed E-state index contributed by atoms with van der Waals surface area (Å²) in [6, 6.07) is 28.9. The van der Waals surface area contributed by atoms with Crippen molar-refractivity contribution in [3.05, 3.63) is 131 Å². The zero-order chi connectivity index (χ0) is 24.6. The predicted octanol–water partition coefficient (Wildman–Crippen LogP) is 6.60. The lowest BCUT2D eigenvalue weighted by Crippen LogP contribution is -2.33. The molecule has 0 radical (unpaired) electrons. The molecule has 0 amide bonds. The maximum atomic E-state index is 13.5. The molecule has 6 heteroatoms. The number of hydrazone groups is 1. The number of ether oxygens (including phenoxy) is 2. The first kappa shape index (κ1) is 22.0. The van der Waals surface area contributed by atoms with Crippen molar-refractivity contribution in [2.24, 2.45) is 5.10 Å². The molecule has 4 aromatic rings. The number of rotatable bonds is 4. The highest BCUT2D eigenvalue weighted by Gasteiger charge is 2.40. The molecule has 0 saturated carbocycles. The SMILES string of the molecule is Cc1ccc(OC(=O)c2ccc([C@@H]3Oc4ccccc4[C@H]4CC(c5ccc(F)cc5)=NN43)cc2)cc1. The summed E-state index contributed by atoms with van der Waals surface area (Å²) < 4.78 is 25.4. The number of hydrogen-bond donors (Lipinski definition) is 0. The summed E-state index contributed by atoms with van der Waals surface area (Å²) in [5.74, 6) is 0.616. The number of para-hydroxylation sites is 1. The van der Waals surface area contributed by atoms with Crippen LogP contribution in [-0.4, -0.2) is 16.7 Å². The van der Waals surface area contributed by atoms with Gasteiger partial charge in [0.2, 0.25) is 6.23 Å². The van der Waals surface area contributed by atoms with Crippen LogP contribution in [0, 0.1) is 12.7 Å². The minimum Gasteiger partial charge on any atom is -0.464 e. The topological polar surface area (TPSA) is 51.1 Å². The molecule has 36 heavy (non-hydrogen) atoms. The molecule has 2 heterocycles. The predicted molar refractivity (Wildman–Crippen MR) is 135 cm³/mol. The van der Waals surface area contributed by atoms with E-state index in [9.17, 15) is 9.18 Å². The van der Waals surface area contributed by atoms with Crippen LogP contribution in [0.25, 0.3) is 0 Å². The van der Waals surface area contributed by atoms with E-state index in [1.165, 1.54) is 12.1 Å². The first-order chi connectivity index (χ1) is 17.5. The van der Waals surface area contributed by atoms with E-state index in [1.807, 2.05) is 54.4 Å². The van der Waals surface area contributed by atoms with E-state index >= 15 is 0 Å². The normalized spacial score (nSPS) is 18.1. The molecule has 4 aromatic carbocycles. The smallest absolute Gasteiger partial charge is 0.343 e. The highest BCUT2D eigenvalue weighted by atomic mass is 19.1. The van der Waals surface area contributed by atoms with Gasteiger partial charge in [-0.2, -0.15) is 5.10 Å². The minimum absolute atomic E-state index is 0.00816. The molecule has 2 aliphatic heterocycles. The number of esters is 1. The van der Waals surface area contributed by atoms with Crippen LogP contribution in [0.3, 0.4) is 0 Å². The third-order valence-electron chi connectivity index (χ3n) is 6.54. The molecule has 178 valence electrons. The Morgan fingerprint density at radius 1 is 0.944 bits per heavy atom. The number of halogens is 1. The summed E-state index contributed by atoms with van der Waals surface area (Å²) in [6.45, 7) is 1.98. The Balaban J connectivity index is 1.29. The Kier molecular flexibility index (Phi) is 5.49. The molecule has 0 fully saturated rings. The molecule has 2 atom stereocenters. The zero-order valence-corrected chi connectivity index (χ0v) is 19.6. The van der Waals surface area contributed by atoms with Gasteiger partial charge in [-0.1, -0.05) is 60.2 Å². The highest BCUT2D eigenvalue weighted by Crippen LogP contribution is 2.47. The van der Waals surface area contributed by atoms with E-state index < -0.39 is 12.2 Å². The van der Waals surface area contributed by atoms with E-state index in [-0.39, 0.29) is 11.9 Å². The van der Waals surface area contributed by atoms with Gasteiger partial charge in [0.25, 0.3) is 0 Å². The Bertz CT molecular complexity index is 1450. The van der Waals surface area contributed by atoms with Gasteiger partial charge in [0, 0.05) is 17.5 Å². The number of aryl methyl sites for hydroxylation is 1. The lowest BCUT2D eigenvalue weighted by Gasteiger charge is -2.38. The Labute approximate surface area is 208 Å². The largest absolute Gasteiger partial charge is 0.464 e. The van der Waals surface area contributed by atoms with Crippen molar-refractivity contribution in [3.63, 3.8) is 0 Å². The van der Waals surface area contributed by atoms with Crippen molar-refractivity contribution in [1.82, 2.24) is 5.01 Å². The molecule has 0 unspecified atom stereocenters. The summed E-state index contributed by atoms with van der Waals surface area (Å²) in [6.07, 6.45) is 0.216. The fraction of sp³-hybridized carbons (Fsp3) is 0.133. The van der Waals surface area contributed by atoms with Crippen molar-refractivity contribution >= 4 is 11.7 Å². The number of fused-ring (bicyclic) bond motifs is 3. The molecule has 0 saturated heterocycles. The van der Waals surface area contributed by atoms with E-state index in [2.05, 4.69) is 6.07 Å². The van der Waals surface area contributed by atoms with Crippen molar-refractivity contribution < 1.29 is 18.7 Å². The van der Waals surface area contributed by atoms with Gasteiger partial charge in [-0.05, 0) is 55.0 Å². The molecule has 0 aliphatic carbocycles. The van der Waals surface area contributed by atoms with Crippen LogP contribution in [0.1, 0.15) is 51.3 Å². The van der Waals surface area contributed by atoms with Crippen LogP contribution in [0.2, 0.25) is 0 Å². The second-order valence-corrected chi connectivity index (χ2v) is 8.99. The molecule has 2 aliphatic rings. The van der Waals surface area contributed by atoms with E-state index in [1.54, 1.807) is 36.4 Å². The monoisotopic (exact) mass is 478 g/mol. The highest BCUT2D eigenvalue weighted by molar-refractivity contribution is 6.02. The van der Waals surface area contributed by atoms with Gasteiger partial charge < -0.3 is 9.47 Å². The standard InChI is InChI=1S/C30H23FN2O3/c1-19-6-16-24(17-7-19)35-30(34)22-10-8-21(9-11-22)29-33-27(25-4-2-3-5-28(25)36-29)18-26(32-33)20-12-14-23(31)15-13-20/h2-17,27,29H,18H2,1H3/t27-,29+/m1/s1. The average Bonchev–Trinajstić information content (AvgIpc) is 3.36. The first-order valence-electron chi connectivity index (χ1n) is 11.8. The van der Waals surface area contributed by atoms with Crippen LogP contribution >= 0.6 is 0 Å². The van der Waals surface area contributed by atoms with Crippen molar-refractivity contribution in [2.75, 3.05) is 0 Å². The third kappa shape index (κ3) is 4.11. The quantitative estimate of drug-likeness (QED) is 0.245. The van der Waals surface area contributed by atoms with Gasteiger partial charge in [-0.3, -0.25) is 0 Å². The molecule has 6 rings (SSSR count). The minimum atomic E-state index is -0.468. The summed E-state index contributed by atoms with van der Waals surface area (Å²) in [5, 5.41) is 6.86. The van der Waals surface area contributed by atoms with E-state index in [4.69, 9.17) is 14.6 Å². The first-order valence-corrected chi connectivity index (χ1v) is 11.8. The lowest BCUT2D eigenvalue weighted by molar-refractivity contribution is -0.0190. The molecule has 0 aromatic heterocycles. The number of benzene rings is 4. The molecule has 5 nitrogen and oxygen atoms in total. The fourth-order valence-electron chi connectivity index (χ4n) is 4.63. The van der Waals surface area contributed by atoms with Gasteiger partial charge in [-0.15, -0.1) is 0 Å². The molecule has 0 bridgehead atoms.